The zero-order valence-electron chi connectivity index (χ0n) is 12.1. The largest absolute Gasteiger partial charge is 0.489 e. The Morgan fingerprint density at radius 3 is 2.33 bits per heavy atom. The smallest absolute Gasteiger partial charge is 0.243 e. The number of benzene rings is 2. The Labute approximate surface area is 125 Å². The van der Waals surface area contributed by atoms with Crippen molar-refractivity contribution in [2.75, 3.05) is 0 Å². The van der Waals surface area contributed by atoms with E-state index in [1.54, 1.807) is 0 Å². The third-order valence-electron chi connectivity index (χ3n) is 3.36. The number of hydrogen-bond acceptors (Lipinski definition) is 1. The van der Waals surface area contributed by atoms with E-state index in [2.05, 4.69) is 41.4 Å². The lowest BCUT2D eigenvalue weighted by atomic mass is 10.1. The van der Waals surface area contributed by atoms with Crippen molar-refractivity contribution in [1.29, 1.82) is 0 Å². The van der Waals surface area contributed by atoms with Crippen molar-refractivity contribution in [3.63, 3.8) is 0 Å². The van der Waals surface area contributed by atoms with Gasteiger partial charge in [0.25, 0.3) is 0 Å². The molecule has 0 saturated carbocycles. The fourth-order valence-electron chi connectivity index (χ4n) is 2.23. The highest BCUT2D eigenvalue weighted by atomic mass is 16.5. The summed E-state index contributed by atoms with van der Waals surface area (Å²) in [5, 5.41) is 0. The Morgan fingerprint density at radius 2 is 1.67 bits per heavy atom. The lowest BCUT2D eigenvalue weighted by Gasteiger charge is -2.06. The van der Waals surface area contributed by atoms with Gasteiger partial charge in [-0.15, -0.1) is 0 Å². The maximum Gasteiger partial charge on any atom is 0.243 e. The Morgan fingerprint density at radius 1 is 0.952 bits per heavy atom. The molecule has 106 valence electrons. The molecule has 3 rings (SSSR count). The van der Waals surface area contributed by atoms with Gasteiger partial charge in [-0.3, -0.25) is 0 Å². The molecule has 0 amide bonds. The van der Waals surface area contributed by atoms with Crippen molar-refractivity contribution in [2.45, 2.75) is 13.2 Å². The molecule has 0 saturated heterocycles. The lowest BCUT2D eigenvalue weighted by molar-refractivity contribution is -0.671. The van der Waals surface area contributed by atoms with E-state index >= 15 is 0 Å². The van der Waals surface area contributed by atoms with Crippen LogP contribution in [0.3, 0.4) is 0 Å². The summed E-state index contributed by atoms with van der Waals surface area (Å²) < 4.78 is 9.95. The second-order valence-corrected chi connectivity index (χ2v) is 5.17. The second-order valence-electron chi connectivity index (χ2n) is 5.17. The minimum Gasteiger partial charge on any atom is -0.489 e. The molecule has 0 aliphatic heterocycles. The molecule has 0 spiro atoms. The van der Waals surface area contributed by atoms with Gasteiger partial charge in [0.2, 0.25) is 6.33 Å². The van der Waals surface area contributed by atoms with Gasteiger partial charge in [-0.05, 0) is 23.3 Å². The number of rotatable bonds is 5. The Balaban J connectivity index is 1.59. The van der Waals surface area contributed by atoms with E-state index in [0.717, 1.165) is 12.3 Å². The summed E-state index contributed by atoms with van der Waals surface area (Å²) in [7, 11) is 2.03. The van der Waals surface area contributed by atoms with E-state index in [1.807, 2.05) is 48.1 Å². The fraction of sp³-hybridized carbons (Fsp3) is 0.167. The summed E-state index contributed by atoms with van der Waals surface area (Å²) in [5.41, 5.74) is 2.47. The van der Waals surface area contributed by atoms with E-state index in [1.165, 1.54) is 11.1 Å². The van der Waals surface area contributed by atoms with Gasteiger partial charge in [0.1, 0.15) is 31.3 Å². The molecule has 0 radical (unpaired) electrons. The van der Waals surface area contributed by atoms with Crippen molar-refractivity contribution in [2.24, 2.45) is 7.05 Å². The molecule has 0 atom stereocenters. The Kier molecular flexibility index (Phi) is 4.01. The predicted molar refractivity (Wildman–Crippen MR) is 81.9 cm³/mol. The van der Waals surface area contributed by atoms with Gasteiger partial charge in [0.05, 0.1) is 7.05 Å². The summed E-state index contributed by atoms with van der Waals surface area (Å²) in [6, 6.07) is 18.5. The van der Waals surface area contributed by atoms with Crippen LogP contribution in [0.25, 0.3) is 0 Å². The molecule has 3 aromatic rings. The minimum absolute atomic E-state index is 0.600. The third-order valence-corrected chi connectivity index (χ3v) is 3.36. The van der Waals surface area contributed by atoms with Gasteiger partial charge in [0.15, 0.2) is 0 Å². The van der Waals surface area contributed by atoms with Crippen LogP contribution in [0.5, 0.6) is 5.75 Å². The first-order valence-corrected chi connectivity index (χ1v) is 7.06. The summed E-state index contributed by atoms with van der Waals surface area (Å²) in [4.78, 5) is 0. The molecule has 0 fully saturated rings. The summed E-state index contributed by atoms with van der Waals surface area (Å²) in [6.45, 7) is 1.49. The van der Waals surface area contributed by atoms with Crippen molar-refractivity contribution in [3.8, 4) is 5.75 Å². The lowest BCUT2D eigenvalue weighted by Crippen LogP contribution is -2.23. The molecule has 3 nitrogen and oxygen atoms in total. The van der Waals surface area contributed by atoms with Crippen molar-refractivity contribution < 1.29 is 9.30 Å². The number of para-hydroxylation sites is 1. The van der Waals surface area contributed by atoms with Gasteiger partial charge < -0.3 is 4.74 Å². The zero-order valence-corrected chi connectivity index (χ0v) is 12.1. The molecule has 0 aliphatic rings. The average Bonchev–Trinajstić information content (AvgIpc) is 2.93. The first-order chi connectivity index (χ1) is 10.3. The molecule has 1 aromatic heterocycles. The van der Waals surface area contributed by atoms with Crippen molar-refractivity contribution >= 4 is 0 Å². The Hall–Kier alpha value is -2.55. The van der Waals surface area contributed by atoms with Crippen LogP contribution in [0.4, 0.5) is 0 Å². The number of nitrogens with zero attached hydrogens (tertiary/aromatic N) is 2. The van der Waals surface area contributed by atoms with E-state index in [0.29, 0.717) is 6.61 Å². The van der Waals surface area contributed by atoms with E-state index in [-0.39, 0.29) is 0 Å². The first-order valence-electron chi connectivity index (χ1n) is 7.06. The van der Waals surface area contributed by atoms with Gasteiger partial charge >= 0.3 is 0 Å². The van der Waals surface area contributed by atoms with Gasteiger partial charge in [-0.1, -0.05) is 42.5 Å². The summed E-state index contributed by atoms with van der Waals surface area (Å²) in [5.74, 6) is 0.904. The van der Waals surface area contributed by atoms with Crippen LogP contribution in [0.2, 0.25) is 0 Å². The van der Waals surface area contributed by atoms with Crippen LogP contribution in [0, 0.1) is 0 Å². The molecule has 1 heterocycles. The normalized spacial score (nSPS) is 10.5. The quantitative estimate of drug-likeness (QED) is 0.657. The highest BCUT2D eigenvalue weighted by Gasteiger charge is 2.02. The number of aryl methyl sites for hydroxylation is 1. The van der Waals surface area contributed by atoms with Gasteiger partial charge in [-0.25, -0.2) is 9.13 Å². The summed E-state index contributed by atoms with van der Waals surface area (Å²) >= 11 is 0. The van der Waals surface area contributed by atoms with Crippen molar-refractivity contribution in [1.82, 2.24) is 4.57 Å². The molecule has 0 N–H and O–H groups in total. The van der Waals surface area contributed by atoms with Crippen LogP contribution < -0.4 is 9.30 Å². The summed E-state index contributed by atoms with van der Waals surface area (Å²) in [6.07, 6.45) is 6.20. The van der Waals surface area contributed by atoms with Crippen LogP contribution in [-0.4, -0.2) is 4.57 Å². The molecular formula is C18H19N2O+. The molecule has 0 bridgehead atoms. The van der Waals surface area contributed by atoms with Crippen LogP contribution in [0.15, 0.2) is 73.3 Å². The fourth-order valence-corrected chi connectivity index (χ4v) is 2.23. The maximum atomic E-state index is 5.74. The maximum absolute atomic E-state index is 5.74. The topological polar surface area (TPSA) is 18.0 Å². The highest BCUT2D eigenvalue weighted by molar-refractivity contribution is 5.24. The minimum atomic E-state index is 0.600. The number of hydrogen-bond donors (Lipinski definition) is 0. The third kappa shape index (κ3) is 3.72. The number of aromatic nitrogens is 2. The zero-order chi connectivity index (χ0) is 14.5. The predicted octanol–water partition coefficient (Wildman–Crippen LogP) is 2.94. The van der Waals surface area contributed by atoms with Crippen LogP contribution in [0.1, 0.15) is 11.1 Å². The number of ether oxygens (including phenoxy) is 1. The SMILES string of the molecule is C[n+]1ccn(Cc2ccc(COc3ccccc3)cc2)c1. The standard InChI is InChI=1S/C18H19N2O/c1-19-11-12-20(15-19)13-16-7-9-17(10-8-16)14-21-18-5-3-2-4-6-18/h2-12,15H,13-14H2,1H3/q+1. The monoisotopic (exact) mass is 279 g/mol. The molecule has 0 aliphatic carbocycles. The van der Waals surface area contributed by atoms with E-state index in [9.17, 15) is 0 Å². The van der Waals surface area contributed by atoms with Crippen LogP contribution >= 0.6 is 0 Å². The molecule has 0 unspecified atom stereocenters. The van der Waals surface area contributed by atoms with Gasteiger partial charge in [0, 0.05) is 0 Å². The van der Waals surface area contributed by atoms with E-state index < -0.39 is 0 Å². The second kappa shape index (κ2) is 6.27. The van der Waals surface area contributed by atoms with Crippen molar-refractivity contribution in [3.05, 3.63) is 84.4 Å². The van der Waals surface area contributed by atoms with Crippen LogP contribution in [-0.2, 0) is 20.2 Å². The molecule has 3 heteroatoms. The molecule has 2 aromatic carbocycles. The Bertz CT molecular complexity index is 687. The average molecular weight is 279 g/mol. The molecule has 21 heavy (non-hydrogen) atoms. The molecular weight excluding hydrogens is 260 g/mol. The number of imidazole rings is 1. The highest BCUT2D eigenvalue weighted by Crippen LogP contribution is 2.12. The first kappa shape index (κ1) is 13.4. The van der Waals surface area contributed by atoms with E-state index in [4.69, 9.17) is 4.74 Å². The van der Waals surface area contributed by atoms with Gasteiger partial charge in [-0.2, -0.15) is 0 Å².